The first-order chi connectivity index (χ1) is 16.3. The number of rotatable bonds is 8. The van der Waals surface area contributed by atoms with Crippen LogP contribution in [0.2, 0.25) is 0 Å². The van der Waals surface area contributed by atoms with Crippen molar-refractivity contribution in [2.24, 2.45) is 11.3 Å². The highest BCUT2D eigenvalue weighted by atomic mass is 32.2. The van der Waals surface area contributed by atoms with Gasteiger partial charge in [-0.25, -0.2) is 4.98 Å². The van der Waals surface area contributed by atoms with E-state index >= 15 is 0 Å². The molecule has 0 saturated heterocycles. The van der Waals surface area contributed by atoms with E-state index in [-0.39, 0.29) is 22.7 Å². The molecule has 1 atom stereocenters. The number of aromatic nitrogens is 2. The number of fused-ring (bicyclic) bond motifs is 3. The second kappa shape index (κ2) is 10.6. The highest BCUT2D eigenvalue weighted by Crippen LogP contribution is 2.42. The van der Waals surface area contributed by atoms with Crippen LogP contribution in [0.5, 0.6) is 0 Å². The third-order valence-electron chi connectivity index (χ3n) is 6.62. The van der Waals surface area contributed by atoms with E-state index in [2.05, 4.69) is 27.7 Å². The Morgan fingerprint density at radius 3 is 2.71 bits per heavy atom. The van der Waals surface area contributed by atoms with Crippen molar-refractivity contribution in [2.75, 3.05) is 12.4 Å². The summed E-state index contributed by atoms with van der Waals surface area (Å²) in [5, 5.41) is 1.29. The molecule has 0 spiro atoms. The number of esters is 1. The molecule has 2 aromatic heterocycles. The van der Waals surface area contributed by atoms with Gasteiger partial charge < -0.3 is 4.74 Å². The highest BCUT2D eigenvalue weighted by Gasteiger charge is 2.32. The summed E-state index contributed by atoms with van der Waals surface area (Å²) in [6.07, 6.45) is 6.01. The van der Waals surface area contributed by atoms with Gasteiger partial charge in [-0.05, 0) is 54.7 Å². The molecular formula is C27H34N2O3S2. The van der Waals surface area contributed by atoms with Crippen molar-refractivity contribution >= 4 is 39.3 Å². The Labute approximate surface area is 209 Å². The molecule has 0 aliphatic heterocycles. The van der Waals surface area contributed by atoms with E-state index in [1.54, 1.807) is 15.9 Å². The Balaban J connectivity index is 1.69. The van der Waals surface area contributed by atoms with Gasteiger partial charge in [0.05, 0.1) is 23.4 Å². The fourth-order valence-corrected chi connectivity index (χ4v) is 6.70. The third kappa shape index (κ3) is 5.41. The number of aryl methyl sites for hydroxylation is 1. The van der Waals surface area contributed by atoms with Gasteiger partial charge in [0.25, 0.3) is 5.56 Å². The molecular weight excluding hydrogens is 464 g/mol. The summed E-state index contributed by atoms with van der Waals surface area (Å²) in [5.74, 6) is 0.461. The van der Waals surface area contributed by atoms with Gasteiger partial charge in [0.1, 0.15) is 4.83 Å². The predicted octanol–water partition coefficient (Wildman–Crippen LogP) is 6.42. The van der Waals surface area contributed by atoms with Crippen LogP contribution in [0.1, 0.15) is 63.8 Å². The van der Waals surface area contributed by atoms with Crippen molar-refractivity contribution in [1.29, 1.82) is 0 Å². The molecule has 182 valence electrons. The third-order valence-corrected chi connectivity index (χ3v) is 8.68. The van der Waals surface area contributed by atoms with Crippen LogP contribution in [0.4, 0.5) is 0 Å². The monoisotopic (exact) mass is 498 g/mol. The van der Waals surface area contributed by atoms with Crippen LogP contribution in [-0.2, 0) is 22.4 Å². The number of carbonyl (C=O) groups is 1. The summed E-state index contributed by atoms with van der Waals surface area (Å²) < 4.78 is 7.03. The normalized spacial score (nSPS) is 15.9. The smallest absolute Gasteiger partial charge is 0.316 e. The zero-order valence-electron chi connectivity index (χ0n) is 20.6. The first-order valence-corrected chi connectivity index (χ1v) is 14.0. The van der Waals surface area contributed by atoms with Crippen molar-refractivity contribution in [3.05, 3.63) is 51.1 Å². The van der Waals surface area contributed by atoms with Crippen LogP contribution < -0.4 is 5.56 Å². The molecule has 0 amide bonds. The predicted molar refractivity (Wildman–Crippen MR) is 141 cm³/mol. The van der Waals surface area contributed by atoms with E-state index in [9.17, 15) is 9.59 Å². The first-order valence-electron chi connectivity index (χ1n) is 12.2. The lowest BCUT2D eigenvalue weighted by atomic mass is 9.72. The Morgan fingerprint density at radius 2 is 2.00 bits per heavy atom. The molecule has 3 aromatic rings. The molecule has 0 radical (unpaired) electrons. The SMILES string of the molecule is CCCCCOC(=O)CSc1nc2sc3c(c2c(=O)n1-c1ccccc1)CC[C@H](C(C)(C)C)C3. The minimum Gasteiger partial charge on any atom is -0.465 e. The van der Waals surface area contributed by atoms with Gasteiger partial charge in [0.2, 0.25) is 0 Å². The number of nitrogens with zero attached hydrogens (tertiary/aromatic N) is 2. The molecule has 0 N–H and O–H groups in total. The Bertz CT molecular complexity index is 1210. The maximum Gasteiger partial charge on any atom is 0.316 e. The van der Waals surface area contributed by atoms with E-state index in [1.807, 2.05) is 30.3 Å². The number of hydrogen-bond acceptors (Lipinski definition) is 6. The average Bonchev–Trinajstić information content (AvgIpc) is 3.18. The zero-order chi connectivity index (χ0) is 24.3. The maximum absolute atomic E-state index is 13.8. The second-order valence-electron chi connectivity index (χ2n) is 10.1. The summed E-state index contributed by atoms with van der Waals surface area (Å²) in [5.41, 5.74) is 2.14. The number of thiophene rings is 1. The second-order valence-corrected chi connectivity index (χ2v) is 12.1. The van der Waals surface area contributed by atoms with Crippen molar-refractivity contribution in [3.8, 4) is 5.69 Å². The lowest BCUT2D eigenvalue weighted by Gasteiger charge is -2.33. The van der Waals surface area contributed by atoms with Crippen molar-refractivity contribution in [2.45, 2.75) is 71.4 Å². The number of unbranched alkanes of at least 4 members (excludes halogenated alkanes) is 2. The Kier molecular flexibility index (Phi) is 7.83. The van der Waals surface area contributed by atoms with Crippen molar-refractivity contribution in [3.63, 3.8) is 0 Å². The number of benzene rings is 1. The largest absolute Gasteiger partial charge is 0.465 e. The van der Waals surface area contributed by atoms with Crippen LogP contribution in [0.25, 0.3) is 15.9 Å². The Morgan fingerprint density at radius 1 is 1.24 bits per heavy atom. The Hall–Kier alpha value is -2.12. The molecule has 34 heavy (non-hydrogen) atoms. The summed E-state index contributed by atoms with van der Waals surface area (Å²) in [7, 11) is 0. The van der Waals surface area contributed by atoms with Crippen LogP contribution in [0.15, 0.2) is 40.3 Å². The first kappa shape index (κ1) is 25.0. The molecule has 4 rings (SSSR count). The molecule has 7 heteroatoms. The van der Waals surface area contributed by atoms with Crippen LogP contribution in [0, 0.1) is 11.3 Å². The zero-order valence-corrected chi connectivity index (χ0v) is 22.2. The van der Waals surface area contributed by atoms with E-state index in [0.29, 0.717) is 17.7 Å². The van der Waals surface area contributed by atoms with Gasteiger partial charge in [-0.2, -0.15) is 0 Å². The molecule has 1 aliphatic rings. The summed E-state index contributed by atoms with van der Waals surface area (Å²) >= 11 is 2.93. The quantitative estimate of drug-likeness (QED) is 0.155. The topological polar surface area (TPSA) is 61.2 Å². The molecule has 1 aliphatic carbocycles. The fraction of sp³-hybridized carbons (Fsp3) is 0.519. The molecule has 0 fully saturated rings. The van der Waals surface area contributed by atoms with Gasteiger partial charge in [0.15, 0.2) is 5.16 Å². The molecule has 0 saturated carbocycles. The molecule has 5 nitrogen and oxygen atoms in total. The van der Waals surface area contributed by atoms with Crippen LogP contribution >= 0.6 is 23.1 Å². The van der Waals surface area contributed by atoms with E-state index in [4.69, 9.17) is 9.72 Å². The van der Waals surface area contributed by atoms with Crippen LogP contribution in [-0.4, -0.2) is 27.9 Å². The van der Waals surface area contributed by atoms with Crippen molar-refractivity contribution < 1.29 is 9.53 Å². The maximum atomic E-state index is 13.8. The standard InChI is InChI=1S/C27H34N2O3S2/c1-5-6-10-15-32-22(30)17-33-26-28-24-23(25(31)29(26)19-11-8-7-9-12-19)20-14-13-18(27(2,3)4)16-21(20)34-24/h7-9,11-12,18H,5-6,10,13-17H2,1-4H3/t18-/m0/s1. The van der Waals surface area contributed by atoms with Crippen molar-refractivity contribution in [1.82, 2.24) is 9.55 Å². The number of thioether (sulfide) groups is 1. The lowest BCUT2D eigenvalue weighted by Crippen LogP contribution is -2.27. The molecule has 2 heterocycles. The molecule has 0 unspecified atom stereocenters. The molecule has 0 bridgehead atoms. The van der Waals surface area contributed by atoms with Crippen LogP contribution in [0.3, 0.4) is 0 Å². The van der Waals surface area contributed by atoms with Gasteiger partial charge >= 0.3 is 5.97 Å². The van der Waals surface area contributed by atoms with Gasteiger partial charge in [0, 0.05) is 4.88 Å². The fourth-order valence-electron chi connectivity index (χ4n) is 4.55. The summed E-state index contributed by atoms with van der Waals surface area (Å²) in [4.78, 5) is 33.2. The van der Waals surface area contributed by atoms with E-state index < -0.39 is 0 Å². The van der Waals surface area contributed by atoms with Gasteiger partial charge in [-0.15, -0.1) is 11.3 Å². The number of para-hydroxylation sites is 1. The lowest BCUT2D eigenvalue weighted by molar-refractivity contribution is -0.140. The van der Waals surface area contributed by atoms with Gasteiger partial charge in [-0.1, -0.05) is 70.5 Å². The number of ether oxygens (including phenoxy) is 1. The minimum atomic E-state index is -0.270. The van der Waals surface area contributed by atoms with E-state index in [0.717, 1.165) is 54.4 Å². The molecule has 1 aromatic carbocycles. The minimum absolute atomic E-state index is 0.0401. The highest BCUT2D eigenvalue weighted by molar-refractivity contribution is 7.99. The van der Waals surface area contributed by atoms with E-state index in [1.165, 1.54) is 22.2 Å². The van der Waals surface area contributed by atoms with Gasteiger partial charge in [-0.3, -0.25) is 14.2 Å². The number of carbonyl (C=O) groups excluding carboxylic acids is 1. The summed E-state index contributed by atoms with van der Waals surface area (Å²) in [6.45, 7) is 9.46. The summed E-state index contributed by atoms with van der Waals surface area (Å²) in [6, 6.07) is 9.59. The average molecular weight is 499 g/mol. The number of hydrogen-bond donors (Lipinski definition) is 0.